The molecule has 128 valence electrons. The van der Waals surface area contributed by atoms with E-state index in [0.717, 1.165) is 11.3 Å². The van der Waals surface area contributed by atoms with Crippen LogP contribution < -0.4 is 10.0 Å². The summed E-state index contributed by atoms with van der Waals surface area (Å²) >= 11 is 0. The van der Waals surface area contributed by atoms with E-state index < -0.39 is 10.0 Å². The summed E-state index contributed by atoms with van der Waals surface area (Å²) in [7, 11) is -3.61. The van der Waals surface area contributed by atoms with E-state index in [1.807, 2.05) is 26.0 Å². The molecule has 0 spiro atoms. The maximum atomic E-state index is 12.3. The topological polar surface area (TPSA) is 71.1 Å². The van der Waals surface area contributed by atoms with Gasteiger partial charge in [0.15, 0.2) is 0 Å². The molecule has 0 aliphatic rings. The van der Waals surface area contributed by atoms with E-state index in [2.05, 4.69) is 21.1 Å². The quantitative estimate of drug-likeness (QED) is 0.719. The van der Waals surface area contributed by atoms with Crippen LogP contribution in [0.4, 0.5) is 17.2 Å². The van der Waals surface area contributed by atoms with Crippen LogP contribution in [0, 0.1) is 13.8 Å². The minimum atomic E-state index is -3.61. The van der Waals surface area contributed by atoms with E-state index in [4.69, 9.17) is 0 Å². The number of anilines is 3. The fraction of sp³-hybridized carbons (Fsp3) is 0.105. The lowest BCUT2D eigenvalue weighted by atomic mass is 10.1. The van der Waals surface area contributed by atoms with Crippen LogP contribution in [-0.4, -0.2) is 13.4 Å². The zero-order chi connectivity index (χ0) is 17.9. The Morgan fingerprint density at radius 3 is 2.32 bits per heavy atom. The molecule has 2 aromatic carbocycles. The zero-order valence-electron chi connectivity index (χ0n) is 14.0. The third-order valence-corrected chi connectivity index (χ3v) is 5.11. The van der Waals surface area contributed by atoms with Crippen molar-refractivity contribution in [2.75, 3.05) is 10.0 Å². The molecule has 3 rings (SSSR count). The Morgan fingerprint density at radius 1 is 0.920 bits per heavy atom. The molecule has 3 aromatic rings. The lowest BCUT2D eigenvalue weighted by Gasteiger charge is -2.11. The summed E-state index contributed by atoms with van der Waals surface area (Å²) in [6.07, 6.45) is 1.49. The molecule has 0 amide bonds. The van der Waals surface area contributed by atoms with Crippen LogP contribution in [0.5, 0.6) is 0 Å². The average Bonchev–Trinajstić information content (AvgIpc) is 2.59. The minimum Gasteiger partial charge on any atom is -0.340 e. The summed E-state index contributed by atoms with van der Waals surface area (Å²) in [6, 6.07) is 17.8. The molecule has 25 heavy (non-hydrogen) atoms. The summed E-state index contributed by atoms with van der Waals surface area (Å²) in [5.41, 5.74) is 3.70. The van der Waals surface area contributed by atoms with Gasteiger partial charge in [-0.3, -0.25) is 4.72 Å². The largest absolute Gasteiger partial charge is 0.340 e. The predicted octanol–water partition coefficient (Wildman–Crippen LogP) is 4.24. The summed E-state index contributed by atoms with van der Waals surface area (Å²) in [6.45, 7) is 4.07. The molecule has 1 heterocycles. The van der Waals surface area contributed by atoms with Crippen molar-refractivity contribution in [3.63, 3.8) is 0 Å². The highest BCUT2D eigenvalue weighted by molar-refractivity contribution is 7.92. The van der Waals surface area contributed by atoms with Gasteiger partial charge < -0.3 is 5.32 Å². The van der Waals surface area contributed by atoms with Crippen LogP contribution in [0.3, 0.4) is 0 Å². The van der Waals surface area contributed by atoms with E-state index in [0.29, 0.717) is 11.5 Å². The van der Waals surface area contributed by atoms with E-state index >= 15 is 0 Å². The summed E-state index contributed by atoms with van der Waals surface area (Å²) in [5, 5.41) is 3.23. The van der Waals surface area contributed by atoms with Crippen molar-refractivity contribution < 1.29 is 8.42 Å². The van der Waals surface area contributed by atoms with Crippen LogP contribution in [0.2, 0.25) is 0 Å². The second-order valence-corrected chi connectivity index (χ2v) is 7.48. The van der Waals surface area contributed by atoms with Crippen LogP contribution in [0.15, 0.2) is 71.8 Å². The van der Waals surface area contributed by atoms with E-state index in [1.54, 1.807) is 42.5 Å². The number of aryl methyl sites for hydroxylation is 2. The summed E-state index contributed by atoms with van der Waals surface area (Å²) in [5.74, 6) is 0.648. The molecular weight excluding hydrogens is 334 g/mol. The first-order valence-electron chi connectivity index (χ1n) is 7.82. The van der Waals surface area contributed by atoms with Gasteiger partial charge in [0, 0.05) is 5.69 Å². The molecule has 0 saturated heterocycles. The third-order valence-electron chi connectivity index (χ3n) is 3.71. The van der Waals surface area contributed by atoms with Crippen molar-refractivity contribution in [1.29, 1.82) is 0 Å². The molecule has 0 bridgehead atoms. The van der Waals surface area contributed by atoms with Crippen molar-refractivity contribution in [2.45, 2.75) is 18.7 Å². The molecule has 1 aromatic heterocycles. The number of nitrogens with one attached hydrogen (secondary N) is 2. The van der Waals surface area contributed by atoms with Crippen molar-refractivity contribution in [2.24, 2.45) is 0 Å². The molecule has 5 nitrogen and oxygen atoms in total. The monoisotopic (exact) mass is 353 g/mol. The second kappa shape index (κ2) is 6.94. The average molecular weight is 353 g/mol. The van der Waals surface area contributed by atoms with Gasteiger partial charge in [-0.1, -0.05) is 35.9 Å². The molecule has 0 aliphatic heterocycles. The Balaban J connectivity index is 1.74. The van der Waals surface area contributed by atoms with Crippen molar-refractivity contribution >= 4 is 27.2 Å². The number of pyridine rings is 1. The maximum absolute atomic E-state index is 12.3. The fourth-order valence-electron chi connectivity index (χ4n) is 2.43. The minimum absolute atomic E-state index is 0.215. The lowest BCUT2D eigenvalue weighted by Crippen LogP contribution is -2.13. The zero-order valence-corrected chi connectivity index (χ0v) is 14.8. The van der Waals surface area contributed by atoms with Gasteiger partial charge in [-0.05, 0) is 49.7 Å². The second-order valence-electron chi connectivity index (χ2n) is 5.79. The molecule has 2 N–H and O–H groups in total. The Kier molecular flexibility index (Phi) is 4.72. The first-order valence-corrected chi connectivity index (χ1v) is 9.30. The number of sulfonamides is 1. The van der Waals surface area contributed by atoms with E-state index in [-0.39, 0.29) is 4.90 Å². The summed E-state index contributed by atoms with van der Waals surface area (Å²) < 4.78 is 27.1. The smallest absolute Gasteiger partial charge is 0.261 e. The van der Waals surface area contributed by atoms with Crippen molar-refractivity contribution in [3.8, 4) is 0 Å². The standard InChI is InChI=1S/C19H19N3O2S/c1-14-8-10-18(15(2)12-14)21-19-11-9-16(13-20-19)22-25(23,24)17-6-4-3-5-7-17/h3-13,22H,1-2H3,(H,20,21). The molecule has 0 fully saturated rings. The number of rotatable bonds is 5. The Hall–Kier alpha value is -2.86. The highest BCUT2D eigenvalue weighted by atomic mass is 32.2. The maximum Gasteiger partial charge on any atom is 0.261 e. The molecule has 6 heteroatoms. The molecule has 0 radical (unpaired) electrons. The van der Waals surface area contributed by atoms with Crippen LogP contribution in [-0.2, 0) is 10.0 Å². The van der Waals surface area contributed by atoms with Crippen molar-refractivity contribution in [3.05, 3.63) is 78.0 Å². The van der Waals surface area contributed by atoms with Gasteiger partial charge in [0.1, 0.15) is 5.82 Å². The Bertz CT molecular complexity index is 969. The molecule has 0 atom stereocenters. The van der Waals surface area contributed by atoms with Crippen LogP contribution >= 0.6 is 0 Å². The highest BCUT2D eigenvalue weighted by Gasteiger charge is 2.13. The first-order chi connectivity index (χ1) is 11.9. The predicted molar refractivity (Wildman–Crippen MR) is 101 cm³/mol. The fourth-order valence-corrected chi connectivity index (χ4v) is 3.50. The van der Waals surface area contributed by atoms with Crippen molar-refractivity contribution in [1.82, 2.24) is 4.98 Å². The van der Waals surface area contributed by atoms with Gasteiger partial charge in [-0.15, -0.1) is 0 Å². The molecule has 0 unspecified atom stereocenters. The number of aromatic nitrogens is 1. The SMILES string of the molecule is Cc1ccc(Nc2ccc(NS(=O)(=O)c3ccccc3)cn2)c(C)c1. The molecular formula is C19H19N3O2S. The van der Waals surface area contributed by atoms with Crippen LogP contribution in [0.1, 0.15) is 11.1 Å². The van der Waals surface area contributed by atoms with Gasteiger partial charge in [-0.25, -0.2) is 13.4 Å². The molecule has 0 aliphatic carbocycles. The normalized spacial score (nSPS) is 11.1. The van der Waals surface area contributed by atoms with Gasteiger partial charge >= 0.3 is 0 Å². The number of benzene rings is 2. The van der Waals surface area contributed by atoms with Gasteiger partial charge in [-0.2, -0.15) is 0 Å². The number of nitrogens with zero attached hydrogens (tertiary/aromatic N) is 1. The highest BCUT2D eigenvalue weighted by Crippen LogP contribution is 2.22. The molecule has 0 saturated carbocycles. The number of hydrogen-bond donors (Lipinski definition) is 2. The first kappa shape index (κ1) is 17.0. The van der Waals surface area contributed by atoms with Gasteiger partial charge in [0.05, 0.1) is 16.8 Å². The van der Waals surface area contributed by atoms with Gasteiger partial charge in [0.2, 0.25) is 0 Å². The summed E-state index contributed by atoms with van der Waals surface area (Å²) in [4.78, 5) is 4.49. The Morgan fingerprint density at radius 2 is 1.68 bits per heavy atom. The third kappa shape index (κ3) is 4.16. The van der Waals surface area contributed by atoms with Gasteiger partial charge in [0.25, 0.3) is 10.0 Å². The Labute approximate surface area is 147 Å². The van der Waals surface area contributed by atoms with E-state index in [1.165, 1.54) is 11.8 Å². The lowest BCUT2D eigenvalue weighted by molar-refractivity contribution is 0.601. The van der Waals surface area contributed by atoms with E-state index in [9.17, 15) is 8.42 Å². The number of hydrogen-bond acceptors (Lipinski definition) is 4. The van der Waals surface area contributed by atoms with Crippen LogP contribution in [0.25, 0.3) is 0 Å².